The second-order valence-corrected chi connectivity index (χ2v) is 9.73. The fraction of sp³-hybridized carbons (Fsp3) is 0.588. The number of morpholine rings is 1. The number of thiazole rings is 1. The summed E-state index contributed by atoms with van der Waals surface area (Å²) in [5, 5.41) is 0.937. The van der Waals surface area contributed by atoms with Crippen molar-refractivity contribution in [2.75, 3.05) is 50.5 Å². The number of piperidine rings is 1. The van der Waals surface area contributed by atoms with Crippen LogP contribution in [-0.2, 0) is 14.6 Å². The Labute approximate surface area is 152 Å². The molecule has 2 aliphatic heterocycles. The van der Waals surface area contributed by atoms with E-state index in [2.05, 4.69) is 14.8 Å². The molecule has 1 aromatic carbocycles. The van der Waals surface area contributed by atoms with Gasteiger partial charge in [0.05, 0.1) is 22.8 Å². The van der Waals surface area contributed by atoms with Gasteiger partial charge in [0.2, 0.25) is 0 Å². The van der Waals surface area contributed by atoms with Gasteiger partial charge in [-0.05, 0) is 25.0 Å². The van der Waals surface area contributed by atoms with E-state index in [1.54, 1.807) is 23.5 Å². The molecule has 3 heterocycles. The topological polar surface area (TPSA) is 62.7 Å². The Morgan fingerprint density at radius 1 is 1.16 bits per heavy atom. The molecule has 2 saturated heterocycles. The molecule has 8 heteroatoms. The summed E-state index contributed by atoms with van der Waals surface area (Å²) in [4.78, 5) is 9.84. The summed E-state index contributed by atoms with van der Waals surface area (Å²) >= 11 is 1.59. The predicted molar refractivity (Wildman–Crippen MR) is 100 cm³/mol. The van der Waals surface area contributed by atoms with E-state index in [1.807, 2.05) is 6.07 Å². The van der Waals surface area contributed by atoms with E-state index in [1.165, 1.54) is 6.26 Å². The van der Waals surface area contributed by atoms with Crippen LogP contribution in [-0.4, -0.2) is 70.0 Å². The molecule has 1 aromatic heterocycles. The SMILES string of the molecule is CS(=O)(=O)c1cccc2sc(N3CCC(N4CCOCC4)CC3)nc12. The number of sulfone groups is 1. The van der Waals surface area contributed by atoms with Gasteiger partial charge in [0.1, 0.15) is 5.52 Å². The Morgan fingerprint density at radius 2 is 1.88 bits per heavy atom. The van der Waals surface area contributed by atoms with E-state index < -0.39 is 9.84 Å². The standard InChI is InChI=1S/C17H23N3O3S2/c1-25(21,22)15-4-2-3-14-16(15)18-17(24-14)20-7-5-13(6-8-20)19-9-11-23-12-10-19/h2-4,13H,5-12H2,1H3. The normalized spacial score (nSPS) is 21.1. The largest absolute Gasteiger partial charge is 0.379 e. The highest BCUT2D eigenvalue weighted by molar-refractivity contribution is 7.91. The van der Waals surface area contributed by atoms with Crippen molar-refractivity contribution in [1.82, 2.24) is 9.88 Å². The molecular weight excluding hydrogens is 358 g/mol. The van der Waals surface area contributed by atoms with Gasteiger partial charge >= 0.3 is 0 Å². The van der Waals surface area contributed by atoms with E-state index in [4.69, 9.17) is 4.74 Å². The van der Waals surface area contributed by atoms with Gasteiger partial charge in [0.15, 0.2) is 15.0 Å². The predicted octanol–water partition coefficient (Wildman–Crippen LogP) is 2.00. The molecular formula is C17H23N3O3S2. The molecule has 0 atom stereocenters. The summed E-state index contributed by atoms with van der Waals surface area (Å²) in [6.07, 6.45) is 3.48. The monoisotopic (exact) mass is 381 g/mol. The van der Waals surface area contributed by atoms with Gasteiger partial charge in [-0.1, -0.05) is 17.4 Å². The Bertz CT molecular complexity index is 851. The van der Waals surface area contributed by atoms with E-state index in [0.29, 0.717) is 16.5 Å². The first kappa shape index (κ1) is 17.2. The van der Waals surface area contributed by atoms with Crippen molar-refractivity contribution < 1.29 is 13.2 Å². The average molecular weight is 382 g/mol. The lowest BCUT2D eigenvalue weighted by molar-refractivity contribution is 0.0115. The van der Waals surface area contributed by atoms with Gasteiger partial charge in [-0.2, -0.15) is 0 Å². The van der Waals surface area contributed by atoms with Gasteiger partial charge in [0, 0.05) is 38.5 Å². The number of hydrogen-bond acceptors (Lipinski definition) is 7. The molecule has 0 aliphatic carbocycles. The molecule has 6 nitrogen and oxygen atoms in total. The van der Waals surface area contributed by atoms with Crippen LogP contribution in [0.3, 0.4) is 0 Å². The zero-order valence-electron chi connectivity index (χ0n) is 14.3. The smallest absolute Gasteiger partial charge is 0.186 e. The fourth-order valence-corrected chi connectivity index (χ4v) is 5.65. The number of fused-ring (bicyclic) bond motifs is 1. The van der Waals surface area contributed by atoms with E-state index in [-0.39, 0.29) is 0 Å². The lowest BCUT2D eigenvalue weighted by Gasteiger charge is -2.40. The Balaban J connectivity index is 1.51. The van der Waals surface area contributed by atoms with Crippen LogP contribution in [0.2, 0.25) is 0 Å². The molecule has 2 aliphatic rings. The number of aromatic nitrogens is 1. The van der Waals surface area contributed by atoms with Crippen LogP contribution in [0.1, 0.15) is 12.8 Å². The molecule has 0 radical (unpaired) electrons. The summed E-state index contributed by atoms with van der Waals surface area (Å²) in [6.45, 7) is 5.68. The minimum absolute atomic E-state index is 0.329. The number of anilines is 1. The van der Waals surface area contributed by atoms with Crippen molar-refractivity contribution in [3.05, 3.63) is 18.2 Å². The summed E-state index contributed by atoms with van der Waals surface area (Å²) in [6, 6.07) is 6.02. The molecule has 2 aromatic rings. The molecule has 136 valence electrons. The Hall–Kier alpha value is -1.22. The molecule has 0 spiro atoms. The first-order chi connectivity index (χ1) is 12.0. The molecule has 25 heavy (non-hydrogen) atoms. The van der Waals surface area contributed by atoms with Crippen molar-refractivity contribution >= 4 is 36.5 Å². The summed E-state index contributed by atoms with van der Waals surface area (Å²) in [7, 11) is -3.26. The molecule has 0 saturated carbocycles. The van der Waals surface area contributed by atoms with Crippen LogP contribution in [0, 0.1) is 0 Å². The molecule has 0 bridgehead atoms. The summed E-state index contributed by atoms with van der Waals surface area (Å²) in [5.41, 5.74) is 0.611. The Kier molecular flexibility index (Phi) is 4.70. The van der Waals surface area contributed by atoms with Crippen LogP contribution < -0.4 is 4.90 Å². The first-order valence-corrected chi connectivity index (χ1v) is 11.4. The summed E-state index contributed by atoms with van der Waals surface area (Å²) < 4.78 is 30.4. The highest BCUT2D eigenvalue weighted by Gasteiger charge is 2.27. The highest BCUT2D eigenvalue weighted by Crippen LogP contribution is 2.34. The van der Waals surface area contributed by atoms with Crippen LogP contribution >= 0.6 is 11.3 Å². The second kappa shape index (κ2) is 6.83. The third kappa shape index (κ3) is 3.53. The molecule has 0 amide bonds. The number of rotatable bonds is 3. The highest BCUT2D eigenvalue weighted by atomic mass is 32.2. The fourth-order valence-electron chi connectivity index (χ4n) is 3.71. The number of nitrogens with zero attached hydrogens (tertiary/aromatic N) is 3. The number of ether oxygens (including phenoxy) is 1. The van der Waals surface area contributed by atoms with Crippen LogP contribution in [0.4, 0.5) is 5.13 Å². The van der Waals surface area contributed by atoms with Crippen LogP contribution in [0.25, 0.3) is 10.2 Å². The molecule has 4 rings (SSSR count). The van der Waals surface area contributed by atoms with Crippen molar-refractivity contribution in [3.8, 4) is 0 Å². The van der Waals surface area contributed by atoms with Gasteiger partial charge in [-0.15, -0.1) is 0 Å². The van der Waals surface area contributed by atoms with Crippen LogP contribution in [0.15, 0.2) is 23.1 Å². The zero-order valence-corrected chi connectivity index (χ0v) is 16.0. The maximum absolute atomic E-state index is 12.0. The first-order valence-electron chi connectivity index (χ1n) is 8.69. The van der Waals surface area contributed by atoms with E-state index in [9.17, 15) is 8.42 Å². The lowest BCUT2D eigenvalue weighted by Crippen LogP contribution is -2.49. The van der Waals surface area contributed by atoms with Gasteiger partial charge < -0.3 is 9.64 Å². The van der Waals surface area contributed by atoms with Crippen molar-refractivity contribution in [2.24, 2.45) is 0 Å². The van der Waals surface area contributed by atoms with Crippen LogP contribution in [0.5, 0.6) is 0 Å². The second-order valence-electron chi connectivity index (χ2n) is 6.74. The average Bonchev–Trinajstić information content (AvgIpc) is 3.06. The van der Waals surface area contributed by atoms with E-state index in [0.717, 1.165) is 62.1 Å². The molecule has 0 unspecified atom stereocenters. The van der Waals surface area contributed by atoms with Gasteiger partial charge in [0.25, 0.3) is 0 Å². The maximum Gasteiger partial charge on any atom is 0.186 e. The van der Waals surface area contributed by atoms with E-state index >= 15 is 0 Å². The zero-order chi connectivity index (χ0) is 17.4. The third-order valence-corrected chi connectivity index (χ3v) is 7.28. The summed E-state index contributed by atoms with van der Waals surface area (Å²) in [5.74, 6) is 0. The quantitative estimate of drug-likeness (QED) is 0.810. The minimum Gasteiger partial charge on any atom is -0.379 e. The van der Waals surface area contributed by atoms with Crippen molar-refractivity contribution in [2.45, 2.75) is 23.8 Å². The number of para-hydroxylation sites is 1. The minimum atomic E-state index is -3.26. The third-order valence-electron chi connectivity index (χ3n) is 5.07. The molecule has 0 N–H and O–H groups in total. The number of benzene rings is 1. The van der Waals surface area contributed by atoms with Gasteiger partial charge in [-0.3, -0.25) is 4.90 Å². The van der Waals surface area contributed by atoms with Gasteiger partial charge in [-0.25, -0.2) is 13.4 Å². The number of hydrogen-bond donors (Lipinski definition) is 0. The Morgan fingerprint density at radius 3 is 2.56 bits per heavy atom. The van der Waals surface area contributed by atoms with Crippen molar-refractivity contribution in [3.63, 3.8) is 0 Å². The maximum atomic E-state index is 12.0. The molecule has 2 fully saturated rings. The lowest BCUT2D eigenvalue weighted by atomic mass is 10.0. The van der Waals surface area contributed by atoms with Crippen molar-refractivity contribution in [1.29, 1.82) is 0 Å².